The Balaban J connectivity index is 1.52. The second-order valence-electron chi connectivity index (χ2n) is 6.78. The molecule has 0 radical (unpaired) electrons. The first kappa shape index (κ1) is 22.1. The lowest BCUT2D eigenvalue weighted by atomic mass is 10.2. The lowest BCUT2D eigenvalue weighted by molar-refractivity contribution is -0.113. The molecule has 8 heteroatoms. The van der Waals surface area contributed by atoms with Crippen LogP contribution in [0.3, 0.4) is 0 Å². The van der Waals surface area contributed by atoms with E-state index in [2.05, 4.69) is 31.4 Å². The summed E-state index contributed by atoms with van der Waals surface area (Å²) in [6.45, 7) is 2.54. The number of para-hydroxylation sites is 1. The van der Waals surface area contributed by atoms with Crippen molar-refractivity contribution in [2.75, 3.05) is 17.7 Å². The zero-order chi connectivity index (χ0) is 22.3. The number of nitrogens with zero attached hydrogens (tertiary/aromatic N) is 3. The van der Waals surface area contributed by atoms with Gasteiger partial charge in [0.15, 0.2) is 11.0 Å². The van der Waals surface area contributed by atoms with E-state index in [0.717, 1.165) is 33.0 Å². The Hall–Kier alpha value is -3.10. The van der Waals surface area contributed by atoms with Crippen molar-refractivity contribution in [1.29, 1.82) is 0 Å². The number of nitrogens with one attached hydrogen (secondary N) is 1. The molecule has 0 fully saturated rings. The highest BCUT2D eigenvalue weighted by Crippen LogP contribution is 2.29. The number of thioether (sulfide) groups is 1. The highest BCUT2D eigenvalue weighted by Gasteiger charge is 2.17. The predicted molar refractivity (Wildman–Crippen MR) is 131 cm³/mol. The Kier molecular flexibility index (Phi) is 7.24. The lowest BCUT2D eigenvalue weighted by Gasteiger charge is -2.11. The number of amides is 1. The second kappa shape index (κ2) is 10.5. The number of hydrogen-bond acceptors (Lipinski definition) is 5. The van der Waals surface area contributed by atoms with Crippen molar-refractivity contribution in [3.8, 4) is 22.8 Å². The minimum Gasteiger partial charge on any atom is -0.494 e. The van der Waals surface area contributed by atoms with Crippen molar-refractivity contribution >= 4 is 39.3 Å². The zero-order valence-electron chi connectivity index (χ0n) is 17.4. The minimum atomic E-state index is -0.119. The molecule has 1 N–H and O–H groups in total. The van der Waals surface area contributed by atoms with Crippen molar-refractivity contribution in [3.05, 3.63) is 83.3 Å². The van der Waals surface area contributed by atoms with Crippen LogP contribution in [0.15, 0.2) is 88.5 Å². The molecule has 0 aliphatic rings. The molecule has 32 heavy (non-hydrogen) atoms. The fourth-order valence-electron chi connectivity index (χ4n) is 3.09. The molecule has 0 bridgehead atoms. The number of ether oxygens (including phenoxy) is 1. The first-order chi connectivity index (χ1) is 15.6. The summed E-state index contributed by atoms with van der Waals surface area (Å²) in [6.07, 6.45) is 0. The Bertz CT molecular complexity index is 1180. The van der Waals surface area contributed by atoms with Crippen LogP contribution in [0.2, 0.25) is 0 Å². The first-order valence-corrected chi connectivity index (χ1v) is 11.8. The van der Waals surface area contributed by atoms with E-state index in [1.807, 2.05) is 90.4 Å². The van der Waals surface area contributed by atoms with Gasteiger partial charge in [0.1, 0.15) is 5.75 Å². The van der Waals surface area contributed by atoms with Crippen LogP contribution in [0, 0.1) is 0 Å². The van der Waals surface area contributed by atoms with Gasteiger partial charge in [0.05, 0.1) is 12.4 Å². The Morgan fingerprint density at radius 3 is 2.41 bits per heavy atom. The summed E-state index contributed by atoms with van der Waals surface area (Å²) in [4.78, 5) is 12.5. The van der Waals surface area contributed by atoms with E-state index in [0.29, 0.717) is 11.8 Å². The quantitative estimate of drug-likeness (QED) is 0.303. The lowest BCUT2D eigenvalue weighted by Crippen LogP contribution is -2.14. The van der Waals surface area contributed by atoms with Gasteiger partial charge in [-0.25, -0.2) is 0 Å². The summed E-state index contributed by atoms with van der Waals surface area (Å²) >= 11 is 4.81. The highest BCUT2D eigenvalue weighted by molar-refractivity contribution is 9.10. The Morgan fingerprint density at radius 1 is 1.00 bits per heavy atom. The van der Waals surface area contributed by atoms with Gasteiger partial charge < -0.3 is 10.1 Å². The number of benzene rings is 3. The molecule has 0 atom stereocenters. The smallest absolute Gasteiger partial charge is 0.234 e. The van der Waals surface area contributed by atoms with Crippen LogP contribution in [0.5, 0.6) is 5.75 Å². The molecule has 162 valence electrons. The summed E-state index contributed by atoms with van der Waals surface area (Å²) in [5.41, 5.74) is 2.60. The number of hydrogen-bond donors (Lipinski definition) is 1. The van der Waals surface area contributed by atoms with Gasteiger partial charge in [-0.3, -0.25) is 9.36 Å². The molecular weight excluding hydrogens is 488 g/mol. The van der Waals surface area contributed by atoms with Crippen LogP contribution in [0.25, 0.3) is 17.1 Å². The fraction of sp³-hybridized carbons (Fsp3) is 0.125. The highest BCUT2D eigenvalue weighted by atomic mass is 79.9. The number of anilines is 1. The van der Waals surface area contributed by atoms with Crippen molar-refractivity contribution in [3.63, 3.8) is 0 Å². The summed E-state index contributed by atoms with van der Waals surface area (Å²) in [5, 5.41) is 12.3. The Labute approximate surface area is 199 Å². The number of carbonyl (C=O) groups is 1. The normalized spacial score (nSPS) is 10.7. The summed E-state index contributed by atoms with van der Waals surface area (Å²) < 4.78 is 8.40. The molecule has 1 aromatic heterocycles. The molecule has 4 aromatic rings. The van der Waals surface area contributed by atoms with Gasteiger partial charge in [-0.2, -0.15) is 0 Å². The van der Waals surface area contributed by atoms with Gasteiger partial charge >= 0.3 is 0 Å². The standard InChI is InChI=1S/C24H21BrN4O2S/c1-2-31-21-14-12-19(13-15-21)26-22(30)16-32-24-28-27-23(17-8-10-18(25)11-9-17)29(24)20-6-4-3-5-7-20/h3-15H,2,16H2,1H3,(H,26,30). The summed E-state index contributed by atoms with van der Waals surface area (Å²) in [6, 6.07) is 25.1. The van der Waals surface area contributed by atoms with E-state index in [9.17, 15) is 4.79 Å². The second-order valence-corrected chi connectivity index (χ2v) is 8.64. The van der Waals surface area contributed by atoms with E-state index in [1.165, 1.54) is 11.8 Å². The molecule has 4 rings (SSSR count). The number of carbonyl (C=O) groups excluding carboxylic acids is 1. The number of rotatable bonds is 8. The minimum absolute atomic E-state index is 0.119. The third kappa shape index (κ3) is 5.38. The van der Waals surface area contributed by atoms with Gasteiger partial charge in [-0.05, 0) is 55.5 Å². The first-order valence-electron chi connectivity index (χ1n) is 10.1. The molecule has 1 heterocycles. The number of aromatic nitrogens is 3. The molecule has 6 nitrogen and oxygen atoms in total. The third-order valence-corrected chi connectivity index (χ3v) is 5.99. The van der Waals surface area contributed by atoms with Crippen LogP contribution >= 0.6 is 27.7 Å². The molecule has 0 aliphatic carbocycles. The van der Waals surface area contributed by atoms with Gasteiger partial charge in [0.2, 0.25) is 5.91 Å². The van der Waals surface area contributed by atoms with Crippen LogP contribution in [-0.2, 0) is 4.79 Å². The maximum atomic E-state index is 12.5. The van der Waals surface area contributed by atoms with E-state index >= 15 is 0 Å². The number of halogens is 1. The molecule has 0 unspecified atom stereocenters. The van der Waals surface area contributed by atoms with Crippen molar-refractivity contribution in [2.45, 2.75) is 12.1 Å². The molecule has 0 saturated carbocycles. The van der Waals surface area contributed by atoms with Gasteiger partial charge in [0.25, 0.3) is 0 Å². The van der Waals surface area contributed by atoms with E-state index < -0.39 is 0 Å². The molecule has 0 spiro atoms. The van der Waals surface area contributed by atoms with E-state index in [4.69, 9.17) is 4.74 Å². The molecule has 1 amide bonds. The maximum Gasteiger partial charge on any atom is 0.234 e. The van der Waals surface area contributed by atoms with E-state index in [-0.39, 0.29) is 11.7 Å². The van der Waals surface area contributed by atoms with Gasteiger partial charge in [-0.1, -0.05) is 58.0 Å². The van der Waals surface area contributed by atoms with Crippen LogP contribution < -0.4 is 10.1 Å². The zero-order valence-corrected chi connectivity index (χ0v) is 19.8. The summed E-state index contributed by atoms with van der Waals surface area (Å²) in [5.74, 6) is 1.58. The van der Waals surface area contributed by atoms with Crippen LogP contribution in [0.1, 0.15) is 6.92 Å². The van der Waals surface area contributed by atoms with Crippen molar-refractivity contribution < 1.29 is 9.53 Å². The average molecular weight is 509 g/mol. The molecule has 0 saturated heterocycles. The van der Waals surface area contributed by atoms with Crippen molar-refractivity contribution in [2.24, 2.45) is 0 Å². The molecular formula is C24H21BrN4O2S. The molecule has 0 aliphatic heterocycles. The fourth-order valence-corrected chi connectivity index (χ4v) is 4.10. The predicted octanol–water partition coefficient (Wildman–Crippen LogP) is 5.83. The third-order valence-electron chi connectivity index (χ3n) is 4.53. The monoisotopic (exact) mass is 508 g/mol. The van der Waals surface area contributed by atoms with Gasteiger partial charge in [0, 0.05) is 21.4 Å². The largest absolute Gasteiger partial charge is 0.494 e. The summed E-state index contributed by atoms with van der Waals surface area (Å²) in [7, 11) is 0. The van der Waals surface area contributed by atoms with Crippen LogP contribution in [0.4, 0.5) is 5.69 Å². The SMILES string of the molecule is CCOc1ccc(NC(=O)CSc2nnc(-c3ccc(Br)cc3)n2-c2ccccc2)cc1. The topological polar surface area (TPSA) is 69.0 Å². The van der Waals surface area contributed by atoms with Gasteiger partial charge in [-0.15, -0.1) is 10.2 Å². The van der Waals surface area contributed by atoms with Crippen molar-refractivity contribution in [1.82, 2.24) is 14.8 Å². The maximum absolute atomic E-state index is 12.5. The van der Waals surface area contributed by atoms with Crippen LogP contribution in [-0.4, -0.2) is 33.0 Å². The molecule has 3 aromatic carbocycles. The average Bonchev–Trinajstić information content (AvgIpc) is 3.24. The Morgan fingerprint density at radius 2 is 1.72 bits per heavy atom. The van der Waals surface area contributed by atoms with E-state index in [1.54, 1.807) is 0 Å².